The Morgan fingerprint density at radius 3 is 2.93 bits per heavy atom. The van der Waals surface area contributed by atoms with Gasteiger partial charge < -0.3 is 10.6 Å². The normalized spacial score (nSPS) is 20.7. The number of nitrogens with one attached hydrogen (secondary N) is 2. The molecule has 1 aliphatic rings. The fourth-order valence-electron chi connectivity index (χ4n) is 1.46. The van der Waals surface area contributed by atoms with Gasteiger partial charge in [0.2, 0.25) is 0 Å². The van der Waals surface area contributed by atoms with E-state index >= 15 is 0 Å². The molecule has 0 radical (unpaired) electrons. The van der Waals surface area contributed by atoms with Gasteiger partial charge in [-0.2, -0.15) is 0 Å². The van der Waals surface area contributed by atoms with Crippen LogP contribution in [0.5, 0.6) is 0 Å². The number of hydrogen-bond donors (Lipinski definition) is 2. The van der Waals surface area contributed by atoms with Crippen LogP contribution < -0.4 is 10.6 Å². The van der Waals surface area contributed by atoms with E-state index in [9.17, 15) is 4.79 Å². The molecule has 2 heterocycles. The molecule has 1 aliphatic heterocycles. The van der Waals surface area contributed by atoms with Gasteiger partial charge in [0.15, 0.2) is 0 Å². The number of rotatable bonds is 2. The van der Waals surface area contributed by atoms with Crippen molar-refractivity contribution in [1.82, 2.24) is 20.6 Å². The number of carbonyl (C=O) groups excluding carboxylic acids is 1. The second-order valence-corrected chi connectivity index (χ2v) is 3.29. The van der Waals surface area contributed by atoms with E-state index in [0.717, 1.165) is 19.5 Å². The quantitative estimate of drug-likeness (QED) is 0.667. The highest BCUT2D eigenvalue weighted by molar-refractivity contribution is 5.93. The van der Waals surface area contributed by atoms with Crippen LogP contribution in [0.4, 0.5) is 0 Å². The zero-order valence-corrected chi connectivity index (χ0v) is 7.73. The molecule has 0 aromatic carbocycles. The molecule has 1 amide bonds. The molecule has 0 bridgehead atoms. The Kier molecular flexibility index (Phi) is 2.69. The van der Waals surface area contributed by atoms with Crippen molar-refractivity contribution in [3.63, 3.8) is 0 Å². The van der Waals surface area contributed by atoms with Crippen LogP contribution in [-0.2, 0) is 0 Å². The molecule has 1 atom stereocenters. The second-order valence-electron chi connectivity index (χ2n) is 3.29. The fourth-order valence-corrected chi connectivity index (χ4v) is 1.46. The maximum Gasteiger partial charge on any atom is 0.254 e. The van der Waals surface area contributed by atoms with Crippen LogP contribution in [0.15, 0.2) is 18.7 Å². The lowest BCUT2D eigenvalue weighted by molar-refractivity contribution is 0.0939. The molecule has 1 aromatic heterocycles. The summed E-state index contributed by atoms with van der Waals surface area (Å²) >= 11 is 0. The minimum absolute atomic E-state index is 0.0979. The van der Waals surface area contributed by atoms with E-state index in [2.05, 4.69) is 20.6 Å². The van der Waals surface area contributed by atoms with Crippen molar-refractivity contribution in [2.45, 2.75) is 12.5 Å². The summed E-state index contributed by atoms with van der Waals surface area (Å²) in [4.78, 5) is 19.2. The predicted octanol–water partition coefficient (Wildman–Crippen LogP) is -0.432. The summed E-state index contributed by atoms with van der Waals surface area (Å²) in [6, 6.07) is 0.239. The summed E-state index contributed by atoms with van der Waals surface area (Å²) < 4.78 is 0. The van der Waals surface area contributed by atoms with E-state index < -0.39 is 0 Å². The number of aromatic nitrogens is 2. The lowest BCUT2D eigenvalue weighted by Crippen LogP contribution is -2.36. The first-order valence-corrected chi connectivity index (χ1v) is 4.63. The minimum Gasteiger partial charge on any atom is -0.348 e. The highest BCUT2D eigenvalue weighted by Gasteiger charge is 2.17. The van der Waals surface area contributed by atoms with Crippen LogP contribution >= 0.6 is 0 Å². The first-order chi connectivity index (χ1) is 6.86. The smallest absolute Gasteiger partial charge is 0.254 e. The van der Waals surface area contributed by atoms with Gasteiger partial charge in [-0.05, 0) is 13.0 Å². The fraction of sp³-hybridized carbons (Fsp3) is 0.444. The van der Waals surface area contributed by atoms with Gasteiger partial charge in [-0.15, -0.1) is 0 Å². The minimum atomic E-state index is -0.0979. The van der Waals surface area contributed by atoms with Crippen LogP contribution in [0.25, 0.3) is 0 Å². The molecule has 1 saturated heterocycles. The SMILES string of the molecule is O=C(N[C@@H]1CCNC1)c1cncnc1. The topological polar surface area (TPSA) is 66.9 Å². The van der Waals surface area contributed by atoms with Gasteiger partial charge in [-0.3, -0.25) is 4.79 Å². The van der Waals surface area contributed by atoms with Crippen LogP contribution in [0, 0.1) is 0 Å². The van der Waals surface area contributed by atoms with Crippen LogP contribution in [0.2, 0.25) is 0 Å². The highest BCUT2D eigenvalue weighted by atomic mass is 16.1. The summed E-state index contributed by atoms with van der Waals surface area (Å²) in [6.07, 6.45) is 5.43. The Morgan fingerprint density at radius 1 is 1.50 bits per heavy atom. The van der Waals surface area contributed by atoms with Gasteiger partial charge in [-0.1, -0.05) is 0 Å². The van der Waals surface area contributed by atoms with Crippen molar-refractivity contribution in [3.8, 4) is 0 Å². The molecule has 2 rings (SSSR count). The largest absolute Gasteiger partial charge is 0.348 e. The predicted molar refractivity (Wildman–Crippen MR) is 50.8 cm³/mol. The van der Waals surface area contributed by atoms with Crippen molar-refractivity contribution in [2.24, 2.45) is 0 Å². The van der Waals surface area contributed by atoms with Gasteiger partial charge in [-0.25, -0.2) is 9.97 Å². The van der Waals surface area contributed by atoms with E-state index in [1.54, 1.807) is 0 Å². The van der Waals surface area contributed by atoms with Crippen molar-refractivity contribution < 1.29 is 4.79 Å². The first-order valence-electron chi connectivity index (χ1n) is 4.63. The number of amides is 1. The second kappa shape index (κ2) is 4.15. The Hall–Kier alpha value is -1.49. The average Bonchev–Trinajstić information content (AvgIpc) is 2.72. The van der Waals surface area contributed by atoms with E-state index in [-0.39, 0.29) is 11.9 Å². The Morgan fingerprint density at radius 2 is 2.29 bits per heavy atom. The molecular weight excluding hydrogens is 180 g/mol. The molecule has 0 saturated carbocycles. The van der Waals surface area contributed by atoms with Gasteiger partial charge >= 0.3 is 0 Å². The van der Waals surface area contributed by atoms with E-state index in [1.807, 2.05) is 0 Å². The molecular formula is C9H12N4O. The Balaban J connectivity index is 1.95. The third-order valence-electron chi connectivity index (χ3n) is 2.22. The third kappa shape index (κ3) is 2.05. The first kappa shape index (κ1) is 9.08. The lowest BCUT2D eigenvalue weighted by atomic mass is 10.2. The number of nitrogens with zero attached hydrogens (tertiary/aromatic N) is 2. The summed E-state index contributed by atoms with van der Waals surface area (Å²) in [5.41, 5.74) is 0.513. The molecule has 1 fully saturated rings. The number of hydrogen-bond acceptors (Lipinski definition) is 4. The molecule has 5 nitrogen and oxygen atoms in total. The maximum absolute atomic E-state index is 11.6. The summed E-state index contributed by atoms with van der Waals surface area (Å²) in [5, 5.41) is 6.10. The molecule has 0 aliphatic carbocycles. The zero-order chi connectivity index (χ0) is 9.80. The van der Waals surface area contributed by atoms with Crippen LogP contribution in [0.1, 0.15) is 16.8 Å². The highest BCUT2D eigenvalue weighted by Crippen LogP contribution is 2.00. The van der Waals surface area contributed by atoms with Gasteiger partial charge in [0.25, 0.3) is 5.91 Å². The van der Waals surface area contributed by atoms with Crippen LogP contribution in [-0.4, -0.2) is 35.0 Å². The molecule has 14 heavy (non-hydrogen) atoms. The Labute approximate surface area is 82.0 Å². The van der Waals surface area contributed by atoms with Crippen molar-refractivity contribution in [2.75, 3.05) is 13.1 Å². The zero-order valence-electron chi connectivity index (χ0n) is 7.73. The monoisotopic (exact) mass is 192 g/mol. The standard InChI is InChI=1S/C9H12N4O/c14-9(7-3-11-6-12-4-7)13-8-1-2-10-5-8/h3-4,6,8,10H,1-2,5H2,(H,13,14)/t8-/m1/s1. The maximum atomic E-state index is 11.6. The summed E-state index contributed by atoms with van der Waals surface area (Å²) in [5.74, 6) is -0.0979. The van der Waals surface area contributed by atoms with E-state index in [0.29, 0.717) is 5.56 Å². The molecule has 1 aromatic rings. The third-order valence-corrected chi connectivity index (χ3v) is 2.22. The van der Waals surface area contributed by atoms with Crippen molar-refractivity contribution in [3.05, 3.63) is 24.3 Å². The van der Waals surface area contributed by atoms with Gasteiger partial charge in [0.05, 0.1) is 5.56 Å². The summed E-state index contributed by atoms with van der Waals surface area (Å²) in [6.45, 7) is 1.82. The Bertz CT molecular complexity index is 308. The molecule has 74 valence electrons. The number of carbonyl (C=O) groups is 1. The molecule has 0 spiro atoms. The molecule has 0 unspecified atom stereocenters. The van der Waals surface area contributed by atoms with Crippen LogP contribution in [0.3, 0.4) is 0 Å². The molecule has 2 N–H and O–H groups in total. The average molecular weight is 192 g/mol. The summed E-state index contributed by atoms with van der Waals surface area (Å²) in [7, 11) is 0. The van der Waals surface area contributed by atoms with Crippen molar-refractivity contribution >= 4 is 5.91 Å². The molecule has 5 heteroatoms. The van der Waals surface area contributed by atoms with Crippen molar-refractivity contribution in [1.29, 1.82) is 0 Å². The van der Waals surface area contributed by atoms with E-state index in [1.165, 1.54) is 18.7 Å². The van der Waals surface area contributed by atoms with Gasteiger partial charge in [0.1, 0.15) is 6.33 Å². The van der Waals surface area contributed by atoms with E-state index in [4.69, 9.17) is 0 Å². The van der Waals surface area contributed by atoms with Gasteiger partial charge in [0, 0.05) is 25.0 Å². The lowest BCUT2D eigenvalue weighted by Gasteiger charge is -2.10.